The number of carbonyl (C=O) groups excluding carboxylic acids is 2. The van der Waals surface area contributed by atoms with E-state index < -0.39 is 23.6 Å². The summed E-state index contributed by atoms with van der Waals surface area (Å²) >= 11 is 0. The minimum atomic E-state index is -4.48. The number of benzene rings is 1. The molecule has 0 aliphatic carbocycles. The zero-order valence-corrected chi connectivity index (χ0v) is 18.0. The maximum absolute atomic E-state index is 13.3. The number of aromatic nitrogens is 3. The Labute approximate surface area is 187 Å². The van der Waals surface area contributed by atoms with Gasteiger partial charge in [-0.15, -0.1) is 0 Å². The van der Waals surface area contributed by atoms with Crippen LogP contribution in [0.1, 0.15) is 44.9 Å². The van der Waals surface area contributed by atoms with Crippen molar-refractivity contribution in [3.05, 3.63) is 65.2 Å². The van der Waals surface area contributed by atoms with E-state index in [4.69, 9.17) is 4.74 Å². The van der Waals surface area contributed by atoms with Gasteiger partial charge >= 0.3 is 6.18 Å². The number of rotatable bonds is 4. The Kier molecular flexibility index (Phi) is 5.56. The van der Waals surface area contributed by atoms with Crippen LogP contribution >= 0.6 is 0 Å². The second-order valence-corrected chi connectivity index (χ2v) is 7.63. The van der Waals surface area contributed by atoms with E-state index in [-0.39, 0.29) is 23.8 Å². The van der Waals surface area contributed by atoms with Crippen molar-refractivity contribution >= 4 is 23.2 Å². The Morgan fingerprint density at radius 3 is 2.52 bits per heavy atom. The molecule has 4 rings (SSSR count). The van der Waals surface area contributed by atoms with Crippen LogP contribution in [0, 0.1) is 6.92 Å². The van der Waals surface area contributed by atoms with Crippen LogP contribution in [0.3, 0.4) is 0 Å². The van der Waals surface area contributed by atoms with Gasteiger partial charge in [0, 0.05) is 17.8 Å². The summed E-state index contributed by atoms with van der Waals surface area (Å²) < 4.78 is 45.4. The summed E-state index contributed by atoms with van der Waals surface area (Å²) in [6.07, 6.45) is -0.197. The minimum Gasteiger partial charge on any atom is -0.495 e. The number of nitrogens with zero attached hydrogens (tertiary/aromatic N) is 4. The summed E-state index contributed by atoms with van der Waals surface area (Å²) in [5.41, 5.74) is 0.663. The van der Waals surface area contributed by atoms with Crippen LogP contribution in [0.15, 0.2) is 42.9 Å². The molecule has 1 N–H and O–H groups in total. The first-order chi connectivity index (χ1) is 15.6. The molecule has 33 heavy (non-hydrogen) atoms. The van der Waals surface area contributed by atoms with Crippen molar-refractivity contribution in [1.29, 1.82) is 0 Å². The van der Waals surface area contributed by atoms with E-state index in [1.807, 2.05) is 0 Å². The number of halogens is 3. The van der Waals surface area contributed by atoms with E-state index in [1.165, 1.54) is 47.4 Å². The molecule has 1 aliphatic rings. The highest BCUT2D eigenvalue weighted by Gasteiger charge is 2.36. The molecule has 0 saturated carbocycles. The number of carbonyl (C=O) groups is 2. The second-order valence-electron chi connectivity index (χ2n) is 7.63. The number of anilines is 2. The molecule has 3 heterocycles. The highest BCUT2D eigenvalue weighted by Crippen LogP contribution is 2.33. The average Bonchev–Trinajstić information content (AvgIpc) is 3.23. The van der Waals surface area contributed by atoms with Crippen molar-refractivity contribution in [2.75, 3.05) is 23.9 Å². The number of amides is 2. The normalized spacial score (nSPS) is 15.9. The lowest BCUT2D eigenvalue weighted by molar-refractivity contribution is -0.137. The molecule has 2 aromatic heterocycles. The fourth-order valence-electron chi connectivity index (χ4n) is 3.71. The van der Waals surface area contributed by atoms with Crippen LogP contribution in [0.25, 0.3) is 0 Å². The third-order valence-corrected chi connectivity index (χ3v) is 5.50. The lowest BCUT2D eigenvalue weighted by atomic mass is 10.1. The molecule has 0 bridgehead atoms. The van der Waals surface area contributed by atoms with E-state index >= 15 is 0 Å². The first-order valence-corrected chi connectivity index (χ1v) is 9.98. The second kappa shape index (κ2) is 8.23. The minimum absolute atomic E-state index is 0.0469. The zero-order chi connectivity index (χ0) is 23.9. The van der Waals surface area contributed by atoms with Gasteiger partial charge < -0.3 is 15.0 Å². The topological polar surface area (TPSA) is 89.3 Å². The molecule has 0 fully saturated rings. The van der Waals surface area contributed by atoms with Gasteiger partial charge in [0.2, 0.25) is 0 Å². The number of methoxy groups -OCH3 is 1. The van der Waals surface area contributed by atoms with Gasteiger partial charge in [-0.25, -0.2) is 0 Å². The molecule has 3 aromatic rings. The Hall–Kier alpha value is -3.89. The number of pyridine rings is 1. The average molecular weight is 459 g/mol. The third kappa shape index (κ3) is 4.01. The standard InChI is InChI=1S/C22H20F3N5O3/c1-12-11-29(15-6-4-14(5-7-15)22(23,24)25)21(32)19-16(8-27-30(12)19)20(31)28-17-9-26-10-18(33-3)13(17)2/h4-10,12H,11H2,1-3H3,(H,28,31)/t12-/m0/s1. The highest BCUT2D eigenvalue weighted by atomic mass is 19.4. The van der Waals surface area contributed by atoms with Gasteiger partial charge in [0.05, 0.1) is 48.6 Å². The van der Waals surface area contributed by atoms with Gasteiger partial charge in [-0.2, -0.15) is 18.3 Å². The van der Waals surface area contributed by atoms with E-state index in [1.54, 1.807) is 13.8 Å². The fourth-order valence-corrected chi connectivity index (χ4v) is 3.71. The first kappa shape index (κ1) is 22.3. The van der Waals surface area contributed by atoms with E-state index in [9.17, 15) is 22.8 Å². The highest BCUT2D eigenvalue weighted by molar-refractivity contribution is 6.15. The molecule has 11 heteroatoms. The summed E-state index contributed by atoms with van der Waals surface area (Å²) in [6, 6.07) is 4.02. The van der Waals surface area contributed by atoms with E-state index in [0.717, 1.165) is 12.1 Å². The summed E-state index contributed by atoms with van der Waals surface area (Å²) in [7, 11) is 1.49. The van der Waals surface area contributed by atoms with Crippen LogP contribution in [0.4, 0.5) is 24.5 Å². The van der Waals surface area contributed by atoms with Crippen molar-refractivity contribution in [2.45, 2.75) is 26.1 Å². The van der Waals surface area contributed by atoms with Gasteiger partial charge in [-0.3, -0.25) is 19.3 Å². The number of nitrogens with one attached hydrogen (secondary N) is 1. The molecular weight excluding hydrogens is 439 g/mol. The quantitative estimate of drug-likeness (QED) is 0.635. The molecule has 1 aromatic carbocycles. The Bertz CT molecular complexity index is 1220. The van der Waals surface area contributed by atoms with Gasteiger partial charge in [0.15, 0.2) is 0 Å². The lowest BCUT2D eigenvalue weighted by Gasteiger charge is -2.32. The maximum atomic E-state index is 13.3. The van der Waals surface area contributed by atoms with E-state index in [0.29, 0.717) is 22.7 Å². The van der Waals surface area contributed by atoms with Gasteiger partial charge in [0.1, 0.15) is 11.4 Å². The third-order valence-electron chi connectivity index (χ3n) is 5.50. The predicted molar refractivity (Wildman–Crippen MR) is 114 cm³/mol. The lowest BCUT2D eigenvalue weighted by Crippen LogP contribution is -2.43. The van der Waals surface area contributed by atoms with E-state index in [2.05, 4.69) is 15.4 Å². The molecule has 8 nitrogen and oxygen atoms in total. The Balaban J connectivity index is 1.65. The molecule has 0 radical (unpaired) electrons. The largest absolute Gasteiger partial charge is 0.495 e. The Morgan fingerprint density at radius 1 is 1.18 bits per heavy atom. The van der Waals surface area contributed by atoms with Crippen molar-refractivity contribution < 1.29 is 27.5 Å². The molecule has 2 amide bonds. The zero-order valence-electron chi connectivity index (χ0n) is 18.0. The van der Waals surface area contributed by atoms with Crippen molar-refractivity contribution in [1.82, 2.24) is 14.8 Å². The summed E-state index contributed by atoms with van der Waals surface area (Å²) in [6.45, 7) is 3.75. The molecule has 0 unspecified atom stereocenters. The number of ether oxygens (including phenoxy) is 1. The summed E-state index contributed by atoms with van der Waals surface area (Å²) in [4.78, 5) is 31.7. The predicted octanol–water partition coefficient (Wildman–Crippen LogP) is 4.09. The number of alkyl halides is 3. The van der Waals surface area contributed by atoms with Crippen LogP contribution in [0.5, 0.6) is 5.75 Å². The van der Waals surface area contributed by atoms with Crippen LogP contribution < -0.4 is 15.0 Å². The molecular formula is C22H20F3N5O3. The van der Waals surface area contributed by atoms with Crippen LogP contribution in [-0.2, 0) is 6.18 Å². The van der Waals surface area contributed by atoms with Crippen LogP contribution in [0.2, 0.25) is 0 Å². The van der Waals surface area contributed by atoms with Crippen molar-refractivity contribution in [3.63, 3.8) is 0 Å². The number of fused-ring (bicyclic) bond motifs is 1. The molecule has 1 atom stereocenters. The molecule has 0 saturated heterocycles. The molecule has 172 valence electrons. The Morgan fingerprint density at radius 2 is 1.88 bits per heavy atom. The summed E-state index contributed by atoms with van der Waals surface area (Å²) in [5, 5.41) is 6.92. The summed E-state index contributed by atoms with van der Waals surface area (Å²) in [5.74, 6) is -0.608. The van der Waals surface area contributed by atoms with Crippen LogP contribution in [-0.4, -0.2) is 40.2 Å². The smallest absolute Gasteiger partial charge is 0.416 e. The van der Waals surface area contributed by atoms with Gasteiger partial charge in [-0.05, 0) is 38.1 Å². The monoisotopic (exact) mass is 459 g/mol. The molecule has 1 aliphatic heterocycles. The van der Waals surface area contributed by atoms with Gasteiger partial charge in [-0.1, -0.05) is 0 Å². The number of hydrogen-bond acceptors (Lipinski definition) is 5. The SMILES string of the molecule is COc1cncc(NC(=O)c2cnn3c2C(=O)N(c2ccc(C(F)(F)F)cc2)C[C@@H]3C)c1C. The van der Waals surface area contributed by atoms with Crippen molar-refractivity contribution in [3.8, 4) is 5.75 Å². The molecule has 0 spiro atoms. The van der Waals surface area contributed by atoms with Gasteiger partial charge in [0.25, 0.3) is 11.8 Å². The fraction of sp³-hybridized carbons (Fsp3) is 0.273. The maximum Gasteiger partial charge on any atom is 0.416 e. The van der Waals surface area contributed by atoms with Crippen molar-refractivity contribution in [2.24, 2.45) is 0 Å². The first-order valence-electron chi connectivity index (χ1n) is 9.98. The number of hydrogen-bond donors (Lipinski definition) is 1.